The van der Waals surface area contributed by atoms with Crippen LogP contribution in [0.3, 0.4) is 0 Å². The number of hydrogen-bond acceptors (Lipinski definition) is 3. The lowest BCUT2D eigenvalue weighted by Gasteiger charge is -2.39. The topological polar surface area (TPSA) is 46.1 Å². The minimum atomic E-state index is 0.0347. The van der Waals surface area contributed by atoms with Gasteiger partial charge in [0.05, 0.1) is 6.61 Å². The number of guanidine groups is 1. The predicted molar refractivity (Wildman–Crippen MR) is 109 cm³/mol. The van der Waals surface area contributed by atoms with E-state index in [9.17, 15) is 0 Å². The van der Waals surface area contributed by atoms with E-state index >= 15 is 0 Å². The molecular formula is C21H30ClN3O2. The summed E-state index contributed by atoms with van der Waals surface area (Å²) in [6, 6.07) is 8.30. The van der Waals surface area contributed by atoms with Gasteiger partial charge in [-0.05, 0) is 43.4 Å². The van der Waals surface area contributed by atoms with E-state index in [1.165, 1.54) is 18.4 Å². The quantitative estimate of drug-likeness (QED) is 0.635. The summed E-state index contributed by atoms with van der Waals surface area (Å²) in [7, 11) is 1.88. The summed E-state index contributed by atoms with van der Waals surface area (Å²) in [6.07, 6.45) is 4.36. The molecule has 1 aromatic rings. The third-order valence-electron chi connectivity index (χ3n) is 6.61. The fourth-order valence-corrected chi connectivity index (χ4v) is 5.01. The molecule has 4 rings (SSSR count). The van der Waals surface area contributed by atoms with Crippen molar-refractivity contribution in [3.63, 3.8) is 0 Å². The van der Waals surface area contributed by atoms with Gasteiger partial charge in [0, 0.05) is 62.4 Å². The molecule has 1 spiro atoms. The van der Waals surface area contributed by atoms with E-state index in [0.717, 1.165) is 69.9 Å². The van der Waals surface area contributed by atoms with Crippen LogP contribution in [0.4, 0.5) is 0 Å². The summed E-state index contributed by atoms with van der Waals surface area (Å²) in [6.45, 7) is 6.32. The summed E-state index contributed by atoms with van der Waals surface area (Å²) < 4.78 is 11.3. The van der Waals surface area contributed by atoms with Crippen LogP contribution < -0.4 is 5.32 Å². The van der Waals surface area contributed by atoms with Crippen molar-refractivity contribution in [2.75, 3.05) is 53.1 Å². The van der Waals surface area contributed by atoms with E-state index in [-0.39, 0.29) is 5.41 Å². The van der Waals surface area contributed by atoms with Crippen LogP contribution in [-0.2, 0) is 14.9 Å². The van der Waals surface area contributed by atoms with Gasteiger partial charge in [0.25, 0.3) is 0 Å². The van der Waals surface area contributed by atoms with Crippen molar-refractivity contribution < 1.29 is 9.47 Å². The Morgan fingerprint density at radius 1 is 1.19 bits per heavy atom. The Balaban J connectivity index is 1.47. The van der Waals surface area contributed by atoms with Gasteiger partial charge in [0.2, 0.25) is 0 Å². The Bertz CT molecular complexity index is 682. The summed E-state index contributed by atoms with van der Waals surface area (Å²) in [4.78, 5) is 6.99. The monoisotopic (exact) mass is 391 g/mol. The summed E-state index contributed by atoms with van der Waals surface area (Å²) in [5.74, 6) is 1.01. The van der Waals surface area contributed by atoms with Gasteiger partial charge in [-0.15, -0.1) is 0 Å². The fourth-order valence-electron chi connectivity index (χ4n) is 4.82. The SMILES string of the molecule is CN=C(NCC1(c2cccc(Cl)c2)CCOCC1)N1CCC2(CCOC2)C1. The van der Waals surface area contributed by atoms with Gasteiger partial charge in [0.1, 0.15) is 0 Å². The van der Waals surface area contributed by atoms with Crippen molar-refractivity contribution >= 4 is 17.6 Å². The number of hydrogen-bond donors (Lipinski definition) is 1. The Morgan fingerprint density at radius 2 is 2.00 bits per heavy atom. The average molecular weight is 392 g/mol. The first-order valence-electron chi connectivity index (χ1n) is 10.0. The maximum atomic E-state index is 6.29. The van der Waals surface area contributed by atoms with Crippen LogP contribution in [0.15, 0.2) is 29.3 Å². The summed E-state index contributed by atoms with van der Waals surface area (Å²) >= 11 is 6.29. The van der Waals surface area contributed by atoms with Gasteiger partial charge in [-0.25, -0.2) is 0 Å². The van der Waals surface area contributed by atoms with Crippen molar-refractivity contribution in [2.24, 2.45) is 10.4 Å². The van der Waals surface area contributed by atoms with E-state index in [1.807, 2.05) is 19.2 Å². The Kier molecular flexibility index (Phi) is 5.62. The molecule has 1 atom stereocenters. The molecule has 3 heterocycles. The number of nitrogens with one attached hydrogen (secondary N) is 1. The molecular weight excluding hydrogens is 362 g/mol. The molecule has 0 aliphatic carbocycles. The third-order valence-corrected chi connectivity index (χ3v) is 6.84. The molecule has 3 fully saturated rings. The minimum absolute atomic E-state index is 0.0347. The molecule has 27 heavy (non-hydrogen) atoms. The zero-order valence-electron chi connectivity index (χ0n) is 16.2. The largest absolute Gasteiger partial charge is 0.381 e. The maximum absolute atomic E-state index is 6.29. The molecule has 0 bridgehead atoms. The lowest BCUT2D eigenvalue weighted by atomic mass is 9.74. The number of halogens is 1. The first-order chi connectivity index (χ1) is 13.1. The van der Waals surface area contributed by atoms with E-state index < -0.39 is 0 Å². The van der Waals surface area contributed by atoms with Crippen LogP contribution in [0.25, 0.3) is 0 Å². The van der Waals surface area contributed by atoms with Gasteiger partial charge >= 0.3 is 0 Å². The number of likely N-dealkylation sites (tertiary alicyclic amines) is 1. The second-order valence-electron chi connectivity index (χ2n) is 8.28. The standard InChI is InChI=1S/C21H30ClN3O2/c1-23-19(25-9-5-20(15-25)6-10-27-16-20)24-14-21(7-11-26-12-8-21)17-3-2-4-18(22)13-17/h2-4,13H,5-12,14-16H2,1H3,(H,23,24). The number of aliphatic imine (C=N–C) groups is 1. The average Bonchev–Trinajstić information content (AvgIpc) is 3.33. The highest BCUT2D eigenvalue weighted by Gasteiger charge is 2.42. The first kappa shape index (κ1) is 19.0. The number of rotatable bonds is 3. The van der Waals surface area contributed by atoms with E-state index in [2.05, 4.69) is 27.3 Å². The minimum Gasteiger partial charge on any atom is -0.381 e. The van der Waals surface area contributed by atoms with Gasteiger partial charge in [0.15, 0.2) is 5.96 Å². The van der Waals surface area contributed by atoms with Gasteiger partial charge in [-0.1, -0.05) is 23.7 Å². The number of benzene rings is 1. The van der Waals surface area contributed by atoms with E-state index in [1.54, 1.807) is 0 Å². The van der Waals surface area contributed by atoms with Crippen molar-refractivity contribution in [2.45, 2.75) is 31.1 Å². The molecule has 1 unspecified atom stereocenters. The van der Waals surface area contributed by atoms with Crippen LogP contribution in [0.5, 0.6) is 0 Å². The molecule has 3 aliphatic rings. The molecule has 3 aliphatic heterocycles. The third kappa shape index (κ3) is 3.96. The van der Waals surface area contributed by atoms with Gasteiger partial charge in [-0.2, -0.15) is 0 Å². The highest BCUT2D eigenvalue weighted by molar-refractivity contribution is 6.30. The molecule has 0 amide bonds. The first-order valence-corrected chi connectivity index (χ1v) is 10.4. The zero-order valence-corrected chi connectivity index (χ0v) is 16.9. The Morgan fingerprint density at radius 3 is 2.70 bits per heavy atom. The lowest BCUT2D eigenvalue weighted by Crippen LogP contribution is -2.49. The smallest absolute Gasteiger partial charge is 0.193 e. The molecule has 6 heteroatoms. The summed E-state index contributed by atoms with van der Waals surface area (Å²) in [5, 5.41) is 4.48. The van der Waals surface area contributed by atoms with E-state index in [4.69, 9.17) is 21.1 Å². The summed E-state index contributed by atoms with van der Waals surface area (Å²) in [5.41, 5.74) is 1.66. The lowest BCUT2D eigenvalue weighted by molar-refractivity contribution is 0.0512. The molecule has 1 aromatic carbocycles. The highest BCUT2D eigenvalue weighted by atomic mass is 35.5. The second kappa shape index (κ2) is 7.98. The molecule has 3 saturated heterocycles. The van der Waals surface area contributed by atoms with Crippen molar-refractivity contribution in [1.82, 2.24) is 10.2 Å². The van der Waals surface area contributed by atoms with Crippen molar-refractivity contribution in [3.8, 4) is 0 Å². The Hall–Kier alpha value is -1.30. The van der Waals surface area contributed by atoms with Crippen LogP contribution in [0.2, 0.25) is 5.02 Å². The van der Waals surface area contributed by atoms with Crippen molar-refractivity contribution in [1.29, 1.82) is 0 Å². The van der Waals surface area contributed by atoms with E-state index in [0.29, 0.717) is 5.41 Å². The predicted octanol–water partition coefficient (Wildman–Crippen LogP) is 3.08. The van der Waals surface area contributed by atoms with Gasteiger partial charge < -0.3 is 19.7 Å². The maximum Gasteiger partial charge on any atom is 0.193 e. The number of ether oxygens (including phenoxy) is 2. The van der Waals surface area contributed by atoms with Gasteiger partial charge in [-0.3, -0.25) is 4.99 Å². The van der Waals surface area contributed by atoms with Crippen LogP contribution in [-0.4, -0.2) is 64.0 Å². The second-order valence-corrected chi connectivity index (χ2v) is 8.71. The molecule has 1 N–H and O–H groups in total. The van der Waals surface area contributed by atoms with Crippen molar-refractivity contribution in [3.05, 3.63) is 34.9 Å². The normalized spacial score (nSPS) is 28.1. The molecule has 148 valence electrons. The molecule has 0 radical (unpaired) electrons. The highest BCUT2D eigenvalue weighted by Crippen LogP contribution is 2.39. The Labute approximate surface area is 167 Å². The zero-order chi connectivity index (χ0) is 18.7. The molecule has 0 aromatic heterocycles. The van der Waals surface area contributed by atoms with Crippen LogP contribution in [0, 0.1) is 5.41 Å². The van der Waals surface area contributed by atoms with Crippen LogP contribution in [0.1, 0.15) is 31.2 Å². The molecule has 0 saturated carbocycles. The fraction of sp³-hybridized carbons (Fsp3) is 0.667. The number of nitrogens with zero attached hydrogens (tertiary/aromatic N) is 2. The molecule has 5 nitrogen and oxygen atoms in total. The van der Waals surface area contributed by atoms with Crippen LogP contribution >= 0.6 is 11.6 Å².